The number of hydrogen-bond acceptors (Lipinski definition) is 3. The third kappa shape index (κ3) is 2.65. The molecule has 0 aromatic heterocycles. The van der Waals surface area contributed by atoms with Crippen LogP contribution in [0.4, 0.5) is 0 Å². The molecule has 5 heteroatoms. The van der Waals surface area contributed by atoms with E-state index in [0.29, 0.717) is 0 Å². The molecule has 0 rings (SSSR count). The van der Waals surface area contributed by atoms with Gasteiger partial charge in [0.05, 0.1) is 10.2 Å². The molecule has 1 atom stereocenters. The van der Waals surface area contributed by atoms with Crippen molar-refractivity contribution in [3.05, 3.63) is 0 Å². The number of hydrogen-bond donors (Lipinski definition) is 0. The maximum atomic E-state index is 11.2. The zero-order valence-electron chi connectivity index (χ0n) is 7.20. The zero-order chi connectivity index (χ0) is 9.23. The maximum absolute atomic E-state index is 11.2. The Morgan fingerprint density at radius 2 is 1.55 bits per heavy atom. The minimum absolute atomic E-state index is 0.317. The van der Waals surface area contributed by atoms with E-state index in [-0.39, 0.29) is 5.25 Å². The lowest BCUT2D eigenvalue weighted by atomic mass is 10.6. The highest BCUT2D eigenvalue weighted by molar-refractivity contribution is 8.67. The summed E-state index contributed by atoms with van der Waals surface area (Å²) in [5, 5.41) is -0.867. The Balaban J connectivity index is 4.58. The van der Waals surface area contributed by atoms with E-state index in [0.717, 1.165) is 0 Å². The van der Waals surface area contributed by atoms with Crippen LogP contribution < -0.4 is 0 Å². The molecule has 0 N–H and O–H groups in total. The van der Waals surface area contributed by atoms with Gasteiger partial charge in [0, 0.05) is 0 Å². The molecular formula is C6H14O3S2. The van der Waals surface area contributed by atoms with Crippen LogP contribution in [0.5, 0.6) is 0 Å². The van der Waals surface area contributed by atoms with Crippen LogP contribution in [0.3, 0.4) is 0 Å². The molecule has 0 bridgehead atoms. The first-order valence-corrected chi connectivity index (χ1v) is 6.72. The van der Waals surface area contributed by atoms with Gasteiger partial charge in [-0.2, -0.15) is 8.42 Å². The largest absolute Gasteiger partial charge is 0.601 e. The Morgan fingerprint density at radius 1 is 1.18 bits per heavy atom. The van der Waals surface area contributed by atoms with Gasteiger partial charge in [-0.25, -0.2) is 0 Å². The third-order valence-electron chi connectivity index (χ3n) is 1.19. The minimum Gasteiger partial charge on any atom is -0.601 e. The molecule has 0 radical (unpaired) electrons. The Hall–Kier alpha value is 0.260. The molecule has 0 aromatic carbocycles. The van der Waals surface area contributed by atoms with Gasteiger partial charge in [0.1, 0.15) is 10.5 Å². The van der Waals surface area contributed by atoms with E-state index >= 15 is 0 Å². The van der Waals surface area contributed by atoms with Crippen LogP contribution in [0, 0.1) is 0 Å². The molecule has 3 nitrogen and oxygen atoms in total. The van der Waals surface area contributed by atoms with E-state index in [1.165, 1.54) is 13.8 Å². The molecule has 0 amide bonds. The van der Waals surface area contributed by atoms with Crippen molar-refractivity contribution in [1.29, 1.82) is 0 Å². The second-order valence-electron chi connectivity index (χ2n) is 2.85. The van der Waals surface area contributed by atoms with Crippen LogP contribution in [0.1, 0.15) is 27.7 Å². The first-order chi connectivity index (χ1) is 4.80. The Labute approximate surface area is 70.7 Å². The quantitative estimate of drug-likeness (QED) is 0.499. The molecule has 11 heavy (non-hydrogen) atoms. The first kappa shape index (κ1) is 11.3. The monoisotopic (exact) mass is 198 g/mol. The van der Waals surface area contributed by atoms with E-state index < -0.39 is 24.3 Å². The smallest absolute Gasteiger partial charge is 0.315 e. The van der Waals surface area contributed by atoms with Gasteiger partial charge >= 0.3 is 8.87 Å². The fraction of sp³-hybridized carbons (Fsp3) is 1.00. The Bertz CT molecular complexity index is 206. The second kappa shape index (κ2) is 3.78. The van der Waals surface area contributed by atoms with Crippen LogP contribution in [0.2, 0.25) is 0 Å². The van der Waals surface area contributed by atoms with Gasteiger partial charge in [0.15, 0.2) is 0 Å². The predicted molar refractivity (Wildman–Crippen MR) is 47.3 cm³/mol. The van der Waals surface area contributed by atoms with Crippen molar-refractivity contribution in [3.63, 3.8) is 0 Å². The van der Waals surface area contributed by atoms with E-state index in [9.17, 15) is 13.0 Å². The summed E-state index contributed by atoms with van der Waals surface area (Å²) in [6, 6.07) is 0. The van der Waals surface area contributed by atoms with Crippen LogP contribution >= 0.6 is 0 Å². The summed E-state index contributed by atoms with van der Waals surface area (Å²) >= 11 is 0. The molecule has 68 valence electrons. The summed E-state index contributed by atoms with van der Waals surface area (Å²) in [5.74, 6) is 0. The van der Waals surface area contributed by atoms with Crippen LogP contribution in [-0.2, 0) is 19.1 Å². The molecule has 0 heterocycles. The molecule has 0 spiro atoms. The SMILES string of the molecule is CC(C)[S+]([O-])S(=O)(=O)C(C)C. The summed E-state index contributed by atoms with van der Waals surface area (Å²) in [6.45, 7) is 6.34. The number of rotatable bonds is 3. The highest BCUT2D eigenvalue weighted by Crippen LogP contribution is 2.15. The lowest BCUT2D eigenvalue weighted by Crippen LogP contribution is -2.30. The average Bonchev–Trinajstić information content (AvgIpc) is 1.85. The highest BCUT2D eigenvalue weighted by Gasteiger charge is 2.32. The molecule has 0 aromatic rings. The summed E-state index contributed by atoms with van der Waals surface area (Å²) in [5.41, 5.74) is 0. The second-order valence-corrected chi connectivity index (χ2v) is 8.62. The van der Waals surface area contributed by atoms with E-state index in [1.54, 1.807) is 13.8 Å². The fourth-order valence-corrected chi connectivity index (χ4v) is 4.12. The summed E-state index contributed by atoms with van der Waals surface area (Å²) in [4.78, 5) is 0. The topological polar surface area (TPSA) is 57.2 Å². The van der Waals surface area contributed by atoms with Gasteiger partial charge in [-0.1, -0.05) is 0 Å². The van der Waals surface area contributed by atoms with Crippen molar-refractivity contribution in [1.82, 2.24) is 0 Å². The van der Waals surface area contributed by atoms with E-state index in [1.807, 2.05) is 0 Å². The predicted octanol–water partition coefficient (Wildman–Crippen LogP) is 0.882. The van der Waals surface area contributed by atoms with Gasteiger partial charge in [-0.3, -0.25) is 0 Å². The fourth-order valence-electron chi connectivity index (χ4n) is 0.458. The molecule has 0 aliphatic carbocycles. The molecule has 0 aliphatic heterocycles. The van der Waals surface area contributed by atoms with Crippen LogP contribution in [-0.4, -0.2) is 23.5 Å². The lowest BCUT2D eigenvalue weighted by molar-refractivity contribution is 0.573. The van der Waals surface area contributed by atoms with E-state index in [4.69, 9.17) is 0 Å². The highest BCUT2D eigenvalue weighted by atomic mass is 33.2. The summed E-state index contributed by atoms with van der Waals surface area (Å²) in [7, 11) is -5.14. The normalized spacial score (nSPS) is 15.9. The molecule has 0 saturated heterocycles. The van der Waals surface area contributed by atoms with Gasteiger partial charge in [0.2, 0.25) is 0 Å². The van der Waals surface area contributed by atoms with Gasteiger partial charge < -0.3 is 4.55 Å². The lowest BCUT2D eigenvalue weighted by Gasteiger charge is -2.15. The van der Waals surface area contributed by atoms with Crippen molar-refractivity contribution >= 4 is 19.1 Å². The molecular weight excluding hydrogens is 184 g/mol. The first-order valence-electron chi connectivity index (χ1n) is 3.45. The van der Waals surface area contributed by atoms with Crippen molar-refractivity contribution in [2.45, 2.75) is 38.2 Å². The summed E-state index contributed by atoms with van der Waals surface area (Å²) < 4.78 is 33.5. The Morgan fingerprint density at radius 3 is 1.64 bits per heavy atom. The maximum Gasteiger partial charge on any atom is 0.315 e. The van der Waals surface area contributed by atoms with Gasteiger partial charge in [0.25, 0.3) is 0 Å². The Kier molecular flexibility index (Phi) is 3.87. The standard InChI is InChI=1S/C6H14O3S2/c1-5(2)10(7)11(8,9)6(3)4/h5-6H,1-4H3. The molecule has 0 saturated carbocycles. The average molecular weight is 198 g/mol. The third-order valence-corrected chi connectivity index (χ3v) is 7.26. The zero-order valence-corrected chi connectivity index (χ0v) is 8.83. The minimum atomic E-state index is -3.40. The van der Waals surface area contributed by atoms with Gasteiger partial charge in [-0.05, 0) is 27.7 Å². The molecule has 1 unspecified atom stereocenters. The van der Waals surface area contributed by atoms with E-state index in [2.05, 4.69) is 0 Å². The van der Waals surface area contributed by atoms with Crippen molar-refractivity contribution in [2.24, 2.45) is 0 Å². The van der Waals surface area contributed by atoms with Crippen molar-refractivity contribution < 1.29 is 13.0 Å². The summed E-state index contributed by atoms with van der Waals surface area (Å²) in [6.07, 6.45) is 0. The van der Waals surface area contributed by atoms with Gasteiger partial charge in [-0.15, -0.1) is 0 Å². The van der Waals surface area contributed by atoms with Crippen molar-refractivity contribution in [2.75, 3.05) is 0 Å². The molecule has 0 aliphatic rings. The van der Waals surface area contributed by atoms with Crippen LogP contribution in [0.15, 0.2) is 0 Å². The van der Waals surface area contributed by atoms with Crippen LogP contribution in [0.25, 0.3) is 0 Å². The molecule has 0 fully saturated rings. The van der Waals surface area contributed by atoms with Crippen molar-refractivity contribution in [3.8, 4) is 0 Å².